The van der Waals surface area contributed by atoms with E-state index in [9.17, 15) is 4.79 Å². The molecule has 2 N–H and O–H groups in total. The molecule has 0 atom stereocenters. The second kappa shape index (κ2) is 4.37. The van der Waals surface area contributed by atoms with Crippen molar-refractivity contribution in [2.45, 2.75) is 20.8 Å². The van der Waals surface area contributed by atoms with Gasteiger partial charge in [0.1, 0.15) is 5.69 Å². The first-order chi connectivity index (χ1) is 8.09. The summed E-state index contributed by atoms with van der Waals surface area (Å²) < 4.78 is 0. The molecular formula is C12H14N4O. The minimum Gasteiger partial charge on any atom is -0.303 e. The first-order valence-corrected chi connectivity index (χ1v) is 5.34. The fraction of sp³-hybridized carbons (Fsp3) is 0.250. The summed E-state index contributed by atoms with van der Waals surface area (Å²) in [4.78, 5) is 16.0. The van der Waals surface area contributed by atoms with Gasteiger partial charge in [0.05, 0.1) is 0 Å². The zero-order chi connectivity index (χ0) is 12.4. The van der Waals surface area contributed by atoms with Crippen molar-refractivity contribution < 1.29 is 4.79 Å². The van der Waals surface area contributed by atoms with Gasteiger partial charge in [0, 0.05) is 17.5 Å². The van der Waals surface area contributed by atoms with E-state index in [0.29, 0.717) is 11.5 Å². The summed E-state index contributed by atoms with van der Waals surface area (Å²) >= 11 is 0. The van der Waals surface area contributed by atoms with Gasteiger partial charge in [0.15, 0.2) is 5.82 Å². The zero-order valence-corrected chi connectivity index (χ0v) is 10.0. The summed E-state index contributed by atoms with van der Waals surface area (Å²) in [7, 11) is 0. The Bertz CT molecular complexity index is 559. The van der Waals surface area contributed by atoms with E-state index in [0.717, 1.165) is 16.8 Å². The Morgan fingerprint density at radius 3 is 2.71 bits per heavy atom. The molecular weight excluding hydrogens is 216 g/mol. The molecule has 0 aliphatic rings. The van der Waals surface area contributed by atoms with Crippen LogP contribution in [0.25, 0.3) is 0 Å². The monoisotopic (exact) mass is 230 g/mol. The molecule has 17 heavy (non-hydrogen) atoms. The highest BCUT2D eigenvalue weighted by atomic mass is 16.2. The van der Waals surface area contributed by atoms with Crippen LogP contribution in [-0.2, 0) is 0 Å². The Morgan fingerprint density at radius 1 is 1.35 bits per heavy atom. The van der Waals surface area contributed by atoms with Crippen LogP contribution in [-0.4, -0.2) is 21.1 Å². The van der Waals surface area contributed by atoms with Crippen molar-refractivity contribution >= 4 is 11.7 Å². The number of pyridine rings is 1. The lowest BCUT2D eigenvalue weighted by atomic mass is 10.2. The average molecular weight is 230 g/mol. The van der Waals surface area contributed by atoms with Gasteiger partial charge in [-0.05, 0) is 32.4 Å². The van der Waals surface area contributed by atoms with Crippen LogP contribution in [0, 0.1) is 20.8 Å². The van der Waals surface area contributed by atoms with E-state index in [2.05, 4.69) is 20.5 Å². The van der Waals surface area contributed by atoms with Crippen LogP contribution in [0.5, 0.6) is 0 Å². The Labute approximate surface area is 99.3 Å². The zero-order valence-electron chi connectivity index (χ0n) is 10.0. The number of aromatic amines is 1. The van der Waals surface area contributed by atoms with Crippen molar-refractivity contribution in [1.29, 1.82) is 0 Å². The van der Waals surface area contributed by atoms with Crippen LogP contribution in [0.3, 0.4) is 0 Å². The van der Waals surface area contributed by atoms with Crippen molar-refractivity contribution in [2.75, 3.05) is 5.32 Å². The summed E-state index contributed by atoms with van der Waals surface area (Å²) in [6, 6.07) is 3.65. The van der Waals surface area contributed by atoms with Crippen LogP contribution in [0.2, 0.25) is 0 Å². The molecule has 2 aromatic rings. The predicted molar refractivity (Wildman–Crippen MR) is 65.0 cm³/mol. The van der Waals surface area contributed by atoms with Gasteiger partial charge < -0.3 is 5.32 Å². The number of aromatic nitrogens is 3. The van der Waals surface area contributed by atoms with E-state index in [-0.39, 0.29) is 5.91 Å². The minimum absolute atomic E-state index is 0.238. The number of anilines is 1. The molecule has 0 saturated heterocycles. The summed E-state index contributed by atoms with van der Waals surface area (Å²) in [5.41, 5.74) is 3.15. The number of amides is 1. The summed E-state index contributed by atoms with van der Waals surface area (Å²) in [5.74, 6) is 0.315. The molecule has 5 nitrogen and oxygen atoms in total. The molecule has 0 aliphatic heterocycles. The molecule has 0 aromatic carbocycles. The number of nitrogens with zero attached hydrogens (tertiary/aromatic N) is 2. The van der Waals surface area contributed by atoms with Gasteiger partial charge in [-0.25, -0.2) is 0 Å². The van der Waals surface area contributed by atoms with Gasteiger partial charge in [0.25, 0.3) is 5.91 Å². The second-order valence-electron chi connectivity index (χ2n) is 3.95. The Morgan fingerprint density at radius 2 is 2.12 bits per heavy atom. The molecule has 1 amide bonds. The van der Waals surface area contributed by atoms with E-state index < -0.39 is 0 Å². The highest BCUT2D eigenvalue weighted by Crippen LogP contribution is 2.15. The standard InChI is InChI=1S/C12H14N4O/c1-7-5-4-6-13-10(7)12(17)14-11-8(2)9(3)15-16-11/h4-6H,1-3H3,(H2,14,15,16,17). The van der Waals surface area contributed by atoms with E-state index in [1.54, 1.807) is 12.3 Å². The summed E-state index contributed by atoms with van der Waals surface area (Å²) in [6.45, 7) is 5.66. The molecule has 0 unspecified atom stereocenters. The number of hydrogen-bond acceptors (Lipinski definition) is 3. The molecule has 0 radical (unpaired) electrons. The number of H-pyrrole nitrogens is 1. The van der Waals surface area contributed by atoms with Crippen LogP contribution >= 0.6 is 0 Å². The van der Waals surface area contributed by atoms with Crippen molar-refractivity contribution in [3.05, 3.63) is 40.8 Å². The molecule has 2 aromatic heterocycles. The number of aryl methyl sites for hydroxylation is 2. The molecule has 2 rings (SSSR count). The maximum absolute atomic E-state index is 12.0. The largest absolute Gasteiger partial charge is 0.303 e. The van der Waals surface area contributed by atoms with Crippen molar-refractivity contribution in [3.63, 3.8) is 0 Å². The lowest BCUT2D eigenvalue weighted by Crippen LogP contribution is -2.15. The molecule has 0 spiro atoms. The molecule has 0 fully saturated rings. The third kappa shape index (κ3) is 2.18. The lowest BCUT2D eigenvalue weighted by molar-refractivity contribution is 0.102. The fourth-order valence-corrected chi connectivity index (χ4v) is 1.50. The molecule has 5 heteroatoms. The summed E-state index contributed by atoms with van der Waals surface area (Å²) in [5, 5.41) is 9.59. The third-order valence-corrected chi connectivity index (χ3v) is 2.71. The van der Waals surface area contributed by atoms with Crippen LogP contribution in [0.1, 0.15) is 27.3 Å². The molecule has 0 aliphatic carbocycles. The number of nitrogens with one attached hydrogen (secondary N) is 2. The highest BCUT2D eigenvalue weighted by molar-refractivity contribution is 6.03. The Kier molecular flexibility index (Phi) is 2.91. The van der Waals surface area contributed by atoms with E-state index >= 15 is 0 Å². The number of hydrogen-bond donors (Lipinski definition) is 2. The Hall–Kier alpha value is -2.17. The minimum atomic E-state index is -0.238. The van der Waals surface area contributed by atoms with Crippen molar-refractivity contribution in [2.24, 2.45) is 0 Å². The summed E-state index contributed by atoms with van der Waals surface area (Å²) in [6.07, 6.45) is 1.60. The first kappa shape index (κ1) is 11.3. The van der Waals surface area contributed by atoms with Crippen molar-refractivity contribution in [3.8, 4) is 0 Å². The molecule has 0 bridgehead atoms. The number of rotatable bonds is 2. The van der Waals surface area contributed by atoms with E-state index in [4.69, 9.17) is 0 Å². The van der Waals surface area contributed by atoms with E-state index in [1.807, 2.05) is 26.8 Å². The highest BCUT2D eigenvalue weighted by Gasteiger charge is 2.13. The molecule has 2 heterocycles. The predicted octanol–water partition coefficient (Wildman–Crippen LogP) is 1.98. The number of carbonyl (C=O) groups excluding carboxylic acids is 1. The van der Waals surface area contributed by atoms with Gasteiger partial charge in [0.2, 0.25) is 0 Å². The van der Waals surface area contributed by atoms with Gasteiger partial charge in [-0.1, -0.05) is 6.07 Å². The lowest BCUT2D eigenvalue weighted by Gasteiger charge is -2.04. The smallest absolute Gasteiger partial charge is 0.275 e. The van der Waals surface area contributed by atoms with Crippen LogP contribution in [0.15, 0.2) is 18.3 Å². The Balaban J connectivity index is 2.23. The van der Waals surface area contributed by atoms with Crippen LogP contribution < -0.4 is 5.32 Å². The topological polar surface area (TPSA) is 70.7 Å². The second-order valence-corrected chi connectivity index (χ2v) is 3.95. The SMILES string of the molecule is Cc1cccnc1C(=O)Nc1n[nH]c(C)c1C. The molecule has 88 valence electrons. The average Bonchev–Trinajstić information content (AvgIpc) is 2.61. The third-order valence-electron chi connectivity index (χ3n) is 2.71. The van der Waals surface area contributed by atoms with Gasteiger partial charge in [-0.2, -0.15) is 5.10 Å². The maximum Gasteiger partial charge on any atom is 0.275 e. The van der Waals surface area contributed by atoms with Gasteiger partial charge in [-0.15, -0.1) is 0 Å². The first-order valence-electron chi connectivity index (χ1n) is 5.34. The quantitative estimate of drug-likeness (QED) is 0.828. The maximum atomic E-state index is 12.0. The van der Waals surface area contributed by atoms with E-state index in [1.165, 1.54) is 0 Å². The van der Waals surface area contributed by atoms with Gasteiger partial charge in [-0.3, -0.25) is 14.9 Å². The fourth-order valence-electron chi connectivity index (χ4n) is 1.50. The van der Waals surface area contributed by atoms with Crippen LogP contribution in [0.4, 0.5) is 5.82 Å². The van der Waals surface area contributed by atoms with Gasteiger partial charge >= 0.3 is 0 Å². The number of carbonyl (C=O) groups is 1. The molecule has 0 saturated carbocycles. The van der Waals surface area contributed by atoms with Crippen molar-refractivity contribution in [1.82, 2.24) is 15.2 Å². The normalized spacial score (nSPS) is 10.3.